The fourth-order valence-electron chi connectivity index (χ4n) is 3.48. The lowest BCUT2D eigenvalue weighted by Gasteiger charge is -2.22. The highest BCUT2D eigenvalue weighted by atomic mass is 16.7. The quantitative estimate of drug-likeness (QED) is 0.725. The lowest BCUT2D eigenvalue weighted by Crippen LogP contribution is -2.44. The van der Waals surface area contributed by atoms with E-state index in [4.69, 9.17) is 14.2 Å². The van der Waals surface area contributed by atoms with Crippen molar-refractivity contribution in [2.45, 2.75) is 31.4 Å². The number of carbonyl (C=O) groups is 3. The summed E-state index contributed by atoms with van der Waals surface area (Å²) in [4.78, 5) is 38.3. The summed E-state index contributed by atoms with van der Waals surface area (Å²) in [6.07, 6.45) is 1.86. The van der Waals surface area contributed by atoms with Crippen molar-refractivity contribution < 1.29 is 28.6 Å². The molecule has 9 heteroatoms. The second-order valence-corrected chi connectivity index (χ2v) is 6.95. The summed E-state index contributed by atoms with van der Waals surface area (Å²) in [6, 6.07) is 4.46. The van der Waals surface area contributed by atoms with E-state index in [1.807, 2.05) is 0 Å². The van der Waals surface area contributed by atoms with Crippen LogP contribution in [0.15, 0.2) is 18.2 Å². The molecule has 2 N–H and O–H groups in total. The van der Waals surface area contributed by atoms with Gasteiger partial charge in [0.15, 0.2) is 11.5 Å². The molecule has 1 aromatic carbocycles. The van der Waals surface area contributed by atoms with E-state index in [0.717, 1.165) is 17.7 Å². The zero-order valence-electron chi connectivity index (χ0n) is 14.9. The van der Waals surface area contributed by atoms with Crippen LogP contribution >= 0.6 is 0 Å². The summed E-state index contributed by atoms with van der Waals surface area (Å²) in [5.41, 5.74) is -0.709. The van der Waals surface area contributed by atoms with Crippen LogP contribution < -0.4 is 20.1 Å². The van der Waals surface area contributed by atoms with E-state index in [-0.39, 0.29) is 19.4 Å². The maximum Gasteiger partial charge on any atom is 0.325 e. The molecule has 0 unspecified atom stereocenters. The number of imide groups is 1. The van der Waals surface area contributed by atoms with Crippen molar-refractivity contribution in [2.75, 3.05) is 26.5 Å². The number of nitrogens with one attached hydrogen (secondary N) is 2. The van der Waals surface area contributed by atoms with Gasteiger partial charge in [-0.2, -0.15) is 0 Å². The van der Waals surface area contributed by atoms with Crippen LogP contribution in [0, 0.1) is 0 Å². The minimum Gasteiger partial charge on any atom is -0.454 e. The molecule has 3 heterocycles. The van der Waals surface area contributed by atoms with Crippen LogP contribution in [0.3, 0.4) is 0 Å². The molecule has 1 aromatic rings. The van der Waals surface area contributed by atoms with Gasteiger partial charge in [-0.1, -0.05) is 6.07 Å². The molecule has 0 saturated carbocycles. The summed E-state index contributed by atoms with van der Waals surface area (Å²) in [5, 5.41) is 5.40. The molecule has 4 amide bonds. The van der Waals surface area contributed by atoms with Gasteiger partial charge in [-0.15, -0.1) is 0 Å². The van der Waals surface area contributed by atoms with Gasteiger partial charge in [-0.3, -0.25) is 14.5 Å². The number of benzene rings is 1. The number of hydrogen-bond acceptors (Lipinski definition) is 6. The summed E-state index contributed by atoms with van der Waals surface area (Å²) in [7, 11) is 0. The minimum atomic E-state index is -1.27. The molecule has 9 nitrogen and oxygen atoms in total. The van der Waals surface area contributed by atoms with Gasteiger partial charge in [0, 0.05) is 13.2 Å². The van der Waals surface area contributed by atoms with E-state index in [0.29, 0.717) is 30.2 Å². The lowest BCUT2D eigenvalue weighted by molar-refractivity contribution is -0.134. The Hall–Kier alpha value is -2.81. The van der Waals surface area contributed by atoms with E-state index < -0.39 is 23.4 Å². The SMILES string of the molecule is C[C@@]1(c2ccc3c(c2)OCO3)NC(=O)N(CC(=O)NC[C@H]2CCCO2)C1=O. The Morgan fingerprint density at radius 2 is 2.15 bits per heavy atom. The molecule has 2 saturated heterocycles. The summed E-state index contributed by atoms with van der Waals surface area (Å²) in [6.45, 7) is 2.46. The summed E-state index contributed by atoms with van der Waals surface area (Å²) in [5.74, 6) is 0.218. The third-order valence-corrected chi connectivity index (χ3v) is 5.08. The second-order valence-electron chi connectivity index (χ2n) is 6.95. The number of rotatable bonds is 5. The molecule has 2 atom stereocenters. The molecular formula is C18H21N3O6. The lowest BCUT2D eigenvalue weighted by atomic mass is 9.91. The third-order valence-electron chi connectivity index (χ3n) is 5.08. The number of urea groups is 1. The van der Waals surface area contributed by atoms with Gasteiger partial charge in [0.2, 0.25) is 12.7 Å². The van der Waals surface area contributed by atoms with E-state index in [9.17, 15) is 14.4 Å². The maximum absolute atomic E-state index is 12.9. The van der Waals surface area contributed by atoms with E-state index in [1.54, 1.807) is 25.1 Å². The average Bonchev–Trinajstić information content (AvgIpc) is 3.37. The van der Waals surface area contributed by atoms with Gasteiger partial charge in [0.25, 0.3) is 5.91 Å². The van der Waals surface area contributed by atoms with Crippen LogP contribution in [0.2, 0.25) is 0 Å². The molecule has 27 heavy (non-hydrogen) atoms. The largest absolute Gasteiger partial charge is 0.454 e. The van der Waals surface area contributed by atoms with Crippen molar-refractivity contribution in [2.24, 2.45) is 0 Å². The van der Waals surface area contributed by atoms with Gasteiger partial charge in [0.1, 0.15) is 12.1 Å². The van der Waals surface area contributed by atoms with E-state index >= 15 is 0 Å². The van der Waals surface area contributed by atoms with Crippen molar-refractivity contribution in [1.82, 2.24) is 15.5 Å². The van der Waals surface area contributed by atoms with Gasteiger partial charge < -0.3 is 24.8 Å². The van der Waals surface area contributed by atoms with Gasteiger partial charge in [0.05, 0.1) is 6.10 Å². The highest BCUT2D eigenvalue weighted by molar-refractivity contribution is 6.09. The number of ether oxygens (including phenoxy) is 3. The molecule has 0 bridgehead atoms. The molecule has 0 aliphatic carbocycles. The van der Waals surface area contributed by atoms with Crippen LogP contribution in [0.1, 0.15) is 25.3 Å². The number of hydrogen-bond donors (Lipinski definition) is 2. The molecule has 144 valence electrons. The fraction of sp³-hybridized carbons (Fsp3) is 0.500. The topological polar surface area (TPSA) is 106 Å². The zero-order valence-corrected chi connectivity index (χ0v) is 14.9. The highest BCUT2D eigenvalue weighted by Crippen LogP contribution is 2.37. The predicted molar refractivity (Wildman–Crippen MR) is 92.1 cm³/mol. The second kappa shape index (κ2) is 6.73. The predicted octanol–water partition coefficient (Wildman–Crippen LogP) is 0.477. The smallest absolute Gasteiger partial charge is 0.325 e. The first kappa shape index (κ1) is 17.6. The normalized spacial score (nSPS) is 26.4. The minimum absolute atomic E-state index is 0.00375. The summed E-state index contributed by atoms with van der Waals surface area (Å²) >= 11 is 0. The first-order valence-electron chi connectivity index (χ1n) is 8.90. The van der Waals surface area contributed by atoms with Crippen molar-refractivity contribution in [1.29, 1.82) is 0 Å². The number of amides is 4. The van der Waals surface area contributed by atoms with Crippen molar-refractivity contribution in [3.8, 4) is 11.5 Å². The van der Waals surface area contributed by atoms with Crippen LogP contribution in [-0.4, -0.2) is 55.3 Å². The zero-order chi connectivity index (χ0) is 19.0. The van der Waals surface area contributed by atoms with Gasteiger partial charge in [-0.05, 0) is 37.5 Å². The number of carbonyl (C=O) groups excluding carboxylic acids is 3. The molecule has 0 spiro atoms. The van der Waals surface area contributed by atoms with Crippen molar-refractivity contribution >= 4 is 17.8 Å². The van der Waals surface area contributed by atoms with Crippen LogP contribution in [0.25, 0.3) is 0 Å². The van der Waals surface area contributed by atoms with Crippen LogP contribution in [0.4, 0.5) is 4.79 Å². The molecule has 3 aliphatic heterocycles. The van der Waals surface area contributed by atoms with Gasteiger partial charge in [-0.25, -0.2) is 4.79 Å². The molecular weight excluding hydrogens is 354 g/mol. The Labute approximate surface area is 155 Å². The average molecular weight is 375 g/mol. The number of fused-ring (bicyclic) bond motifs is 1. The van der Waals surface area contributed by atoms with Crippen LogP contribution in [-0.2, 0) is 19.9 Å². The monoisotopic (exact) mass is 375 g/mol. The molecule has 2 fully saturated rings. The maximum atomic E-state index is 12.9. The fourth-order valence-corrected chi connectivity index (χ4v) is 3.48. The van der Waals surface area contributed by atoms with E-state index in [1.165, 1.54) is 0 Å². The molecule has 4 rings (SSSR count). The van der Waals surface area contributed by atoms with Crippen molar-refractivity contribution in [3.63, 3.8) is 0 Å². The standard InChI is InChI=1S/C18H21N3O6/c1-18(11-4-5-13-14(7-11)27-10-26-13)16(23)21(17(24)20-18)9-15(22)19-8-12-3-2-6-25-12/h4-5,7,12H,2-3,6,8-10H2,1H3,(H,19,22)(H,20,24)/t12-,18+/m1/s1. The van der Waals surface area contributed by atoms with Crippen molar-refractivity contribution in [3.05, 3.63) is 23.8 Å². The third kappa shape index (κ3) is 3.18. The summed E-state index contributed by atoms with van der Waals surface area (Å²) < 4.78 is 16.1. The number of nitrogens with zero attached hydrogens (tertiary/aromatic N) is 1. The Balaban J connectivity index is 1.44. The Kier molecular flexibility index (Phi) is 4.39. The first-order valence-corrected chi connectivity index (χ1v) is 8.90. The molecule has 0 aromatic heterocycles. The molecule has 3 aliphatic rings. The highest BCUT2D eigenvalue weighted by Gasteiger charge is 2.49. The van der Waals surface area contributed by atoms with Gasteiger partial charge >= 0.3 is 6.03 Å². The first-order chi connectivity index (χ1) is 13.0. The molecule has 0 radical (unpaired) electrons. The van der Waals surface area contributed by atoms with E-state index in [2.05, 4.69) is 10.6 Å². The Morgan fingerprint density at radius 3 is 2.93 bits per heavy atom. The van der Waals surface area contributed by atoms with Crippen LogP contribution in [0.5, 0.6) is 11.5 Å². The Bertz CT molecular complexity index is 791. The Morgan fingerprint density at radius 1 is 1.33 bits per heavy atom.